The van der Waals surface area contributed by atoms with Crippen LogP contribution < -0.4 is 15.2 Å². The number of morpholine rings is 1. The second-order valence-corrected chi connectivity index (χ2v) is 10.5. The number of carboxylic acid groups (broad SMARTS) is 1. The van der Waals surface area contributed by atoms with E-state index < -0.39 is 10.0 Å². The second-order valence-electron chi connectivity index (χ2n) is 8.81. The Balaban J connectivity index is 0.00000118. The minimum atomic E-state index is -3.88. The number of nitrogens with one attached hydrogen (secondary N) is 1. The number of sulfonamides is 1. The van der Waals surface area contributed by atoms with E-state index in [9.17, 15) is 8.42 Å². The average Bonchev–Trinajstić information content (AvgIpc) is 3.28. The zero-order valence-corrected chi connectivity index (χ0v) is 22.7. The van der Waals surface area contributed by atoms with E-state index in [1.54, 1.807) is 18.3 Å². The van der Waals surface area contributed by atoms with E-state index in [2.05, 4.69) is 24.6 Å². The first-order chi connectivity index (χ1) is 19.4. The van der Waals surface area contributed by atoms with Gasteiger partial charge in [-0.1, -0.05) is 6.07 Å². The summed E-state index contributed by atoms with van der Waals surface area (Å²) in [6.07, 6.45) is 5.37. The monoisotopic (exact) mass is 569 g/mol. The number of ether oxygens (including phenoxy) is 2. The van der Waals surface area contributed by atoms with Gasteiger partial charge in [0.25, 0.3) is 16.5 Å². The van der Waals surface area contributed by atoms with Crippen LogP contribution in [0.4, 0.5) is 11.6 Å². The molecule has 13 nitrogen and oxygen atoms in total. The highest BCUT2D eigenvalue weighted by atomic mass is 32.2. The van der Waals surface area contributed by atoms with Crippen LogP contribution in [0.3, 0.4) is 0 Å². The number of aromatic nitrogens is 4. The quantitative estimate of drug-likeness (QED) is 0.252. The number of pyridine rings is 2. The van der Waals surface area contributed by atoms with E-state index in [1.165, 1.54) is 25.6 Å². The molecule has 212 valence electrons. The number of aryl methyl sites for hydroxylation is 1. The van der Waals surface area contributed by atoms with Crippen LogP contribution >= 0.6 is 0 Å². The van der Waals surface area contributed by atoms with Crippen LogP contribution in [-0.4, -0.2) is 84.4 Å². The molecule has 4 N–H and O–H groups in total. The van der Waals surface area contributed by atoms with Crippen molar-refractivity contribution >= 4 is 39.2 Å². The molecule has 1 aliphatic rings. The molecule has 0 saturated carbocycles. The van der Waals surface area contributed by atoms with E-state index in [0.29, 0.717) is 11.5 Å². The van der Waals surface area contributed by atoms with Crippen LogP contribution in [0.15, 0.2) is 59.9 Å². The number of methoxy groups -OCH3 is 1. The first-order valence-electron chi connectivity index (χ1n) is 12.5. The van der Waals surface area contributed by atoms with Gasteiger partial charge < -0.3 is 24.9 Å². The summed E-state index contributed by atoms with van der Waals surface area (Å²) in [4.78, 5) is 23.5. The molecule has 0 atom stereocenters. The van der Waals surface area contributed by atoms with Gasteiger partial charge in [0.05, 0.1) is 31.4 Å². The summed E-state index contributed by atoms with van der Waals surface area (Å²) in [5.41, 5.74) is 9.75. The highest BCUT2D eigenvalue weighted by Gasteiger charge is 2.19. The van der Waals surface area contributed by atoms with Gasteiger partial charge in [-0.2, -0.15) is 0 Å². The van der Waals surface area contributed by atoms with Crippen molar-refractivity contribution in [3.8, 4) is 17.0 Å². The molecule has 0 aliphatic carbocycles. The molecule has 0 bridgehead atoms. The van der Waals surface area contributed by atoms with Crippen molar-refractivity contribution < 1.29 is 27.8 Å². The Morgan fingerprint density at radius 2 is 1.93 bits per heavy atom. The lowest BCUT2D eigenvalue weighted by Crippen LogP contribution is -2.37. The molecule has 1 saturated heterocycles. The zero-order chi connectivity index (χ0) is 28.5. The van der Waals surface area contributed by atoms with Crippen molar-refractivity contribution in [3.05, 3.63) is 55.0 Å². The Bertz CT molecular complexity index is 1540. The van der Waals surface area contributed by atoms with Crippen molar-refractivity contribution in [2.24, 2.45) is 0 Å². The molecule has 0 spiro atoms. The van der Waals surface area contributed by atoms with Crippen molar-refractivity contribution in [2.45, 2.75) is 17.9 Å². The summed E-state index contributed by atoms with van der Waals surface area (Å²) < 4.78 is 41.1. The van der Waals surface area contributed by atoms with E-state index in [0.717, 1.165) is 62.4 Å². The molecule has 0 amide bonds. The lowest BCUT2D eigenvalue weighted by Gasteiger charge is -2.26. The van der Waals surface area contributed by atoms with Gasteiger partial charge in [0.1, 0.15) is 10.6 Å². The molecule has 4 heterocycles. The van der Waals surface area contributed by atoms with Crippen molar-refractivity contribution in [1.29, 1.82) is 0 Å². The van der Waals surface area contributed by atoms with Gasteiger partial charge in [-0.05, 0) is 42.3 Å². The Labute approximate surface area is 231 Å². The second kappa shape index (κ2) is 13.2. The predicted octanol–water partition coefficient (Wildman–Crippen LogP) is 2.31. The maximum absolute atomic E-state index is 12.9. The largest absolute Gasteiger partial charge is 0.483 e. The SMILES string of the molecule is COc1ncc(-c2ccc3nc(N)n(CCCN4CCOCC4)c3c2)cc1NS(=O)(=O)c1cccnc1.O=CO. The lowest BCUT2D eigenvalue weighted by molar-refractivity contribution is -0.122. The number of carbonyl (C=O) groups is 1. The fraction of sp³-hybridized carbons (Fsp3) is 0.308. The summed E-state index contributed by atoms with van der Waals surface area (Å²) in [5, 5.41) is 6.89. The normalized spacial score (nSPS) is 13.8. The molecule has 40 heavy (non-hydrogen) atoms. The third-order valence-electron chi connectivity index (χ3n) is 6.30. The highest BCUT2D eigenvalue weighted by molar-refractivity contribution is 7.92. The summed E-state index contributed by atoms with van der Waals surface area (Å²) in [5.74, 6) is 0.626. The van der Waals surface area contributed by atoms with E-state index in [4.69, 9.17) is 25.1 Å². The number of fused-ring (bicyclic) bond motifs is 1. The molecule has 5 rings (SSSR count). The highest BCUT2D eigenvalue weighted by Crippen LogP contribution is 2.32. The minimum absolute atomic E-state index is 0.0420. The Morgan fingerprint density at radius 1 is 1.15 bits per heavy atom. The molecule has 3 aromatic heterocycles. The molecule has 0 unspecified atom stereocenters. The van der Waals surface area contributed by atoms with Crippen LogP contribution in [0, 0.1) is 0 Å². The molecule has 14 heteroatoms. The fourth-order valence-electron chi connectivity index (χ4n) is 4.39. The number of benzene rings is 1. The number of hydrogen-bond acceptors (Lipinski definition) is 10. The van der Waals surface area contributed by atoms with E-state index in [-0.39, 0.29) is 22.9 Å². The molecule has 4 aromatic rings. The first kappa shape index (κ1) is 28.7. The lowest BCUT2D eigenvalue weighted by atomic mass is 10.1. The number of imidazole rings is 1. The van der Waals surface area contributed by atoms with Crippen molar-refractivity contribution in [1.82, 2.24) is 24.4 Å². The maximum atomic E-state index is 12.9. The van der Waals surface area contributed by atoms with Crippen molar-refractivity contribution in [2.75, 3.05) is 50.4 Å². The van der Waals surface area contributed by atoms with Gasteiger partial charge >= 0.3 is 0 Å². The zero-order valence-electron chi connectivity index (χ0n) is 21.9. The van der Waals surface area contributed by atoms with Crippen LogP contribution in [0.5, 0.6) is 5.88 Å². The van der Waals surface area contributed by atoms with E-state index >= 15 is 0 Å². The third kappa shape index (κ3) is 6.83. The Hall–Kier alpha value is -4.27. The summed E-state index contributed by atoms with van der Waals surface area (Å²) in [7, 11) is -2.44. The summed E-state index contributed by atoms with van der Waals surface area (Å²) in [6.45, 7) is 4.89. The summed E-state index contributed by atoms with van der Waals surface area (Å²) in [6, 6.07) is 10.5. The smallest absolute Gasteiger partial charge is 0.290 e. The molecule has 1 aliphatic heterocycles. The fourth-order valence-corrected chi connectivity index (χ4v) is 5.40. The maximum Gasteiger partial charge on any atom is 0.290 e. The number of nitrogens with two attached hydrogens (primary N) is 1. The van der Waals surface area contributed by atoms with Gasteiger partial charge in [-0.3, -0.25) is 19.4 Å². The molecular formula is C26H31N7O6S. The van der Waals surface area contributed by atoms with Gasteiger partial charge in [0, 0.05) is 50.3 Å². The standard InChI is InChI=1S/C25H29N7O4S.CH2O2/c1-35-24-22(30-37(33,34)20-4-2-7-27-17-20)14-19(16-28-24)18-5-6-21-23(15-18)32(25(26)29-21)9-3-8-31-10-12-36-13-11-31;2-1-3/h2,4-7,14-17,30H,3,8-13H2,1H3,(H2,26,29);1H,(H,2,3). The molecular weight excluding hydrogens is 538 g/mol. The number of nitrogens with zero attached hydrogens (tertiary/aromatic N) is 5. The Morgan fingerprint density at radius 3 is 2.62 bits per heavy atom. The minimum Gasteiger partial charge on any atom is -0.483 e. The van der Waals surface area contributed by atoms with Gasteiger partial charge in [0.15, 0.2) is 0 Å². The van der Waals surface area contributed by atoms with Gasteiger partial charge in [-0.15, -0.1) is 0 Å². The van der Waals surface area contributed by atoms with Crippen molar-refractivity contribution in [3.63, 3.8) is 0 Å². The first-order valence-corrected chi connectivity index (χ1v) is 14.0. The molecule has 1 aromatic carbocycles. The van der Waals surface area contributed by atoms with Crippen LogP contribution in [0.25, 0.3) is 22.2 Å². The molecule has 1 fully saturated rings. The summed E-state index contributed by atoms with van der Waals surface area (Å²) >= 11 is 0. The number of anilines is 2. The number of nitrogen functional groups attached to an aromatic ring is 1. The Kier molecular flexibility index (Phi) is 9.47. The van der Waals surface area contributed by atoms with E-state index in [1.807, 2.05) is 22.8 Å². The number of hydrogen-bond donors (Lipinski definition) is 3. The number of rotatable bonds is 9. The third-order valence-corrected chi connectivity index (χ3v) is 7.66. The van der Waals surface area contributed by atoms with Gasteiger partial charge in [0.2, 0.25) is 11.8 Å². The topological polar surface area (TPSA) is 175 Å². The van der Waals surface area contributed by atoms with Crippen LogP contribution in [-0.2, 0) is 26.1 Å². The van der Waals surface area contributed by atoms with Crippen LogP contribution in [0.2, 0.25) is 0 Å². The average molecular weight is 570 g/mol. The van der Waals surface area contributed by atoms with Crippen LogP contribution in [0.1, 0.15) is 6.42 Å². The predicted molar refractivity (Wildman–Crippen MR) is 150 cm³/mol. The molecule has 0 radical (unpaired) electrons. The van der Waals surface area contributed by atoms with Gasteiger partial charge in [-0.25, -0.2) is 18.4 Å².